The molecule has 0 radical (unpaired) electrons. The lowest BCUT2D eigenvalue weighted by molar-refractivity contribution is 0.627. The molecule has 0 spiro atoms. The summed E-state index contributed by atoms with van der Waals surface area (Å²) in [4.78, 5) is 17.0. The second kappa shape index (κ2) is 6.16. The number of nitrogens with one attached hydrogen (secondary N) is 2. The highest BCUT2D eigenvalue weighted by molar-refractivity contribution is 6.02. The molecule has 2 aromatic carbocycles. The van der Waals surface area contributed by atoms with Gasteiger partial charge >= 0.3 is 0 Å². The van der Waals surface area contributed by atoms with E-state index >= 15 is 0 Å². The highest BCUT2D eigenvalue weighted by Crippen LogP contribution is 2.34. The molecule has 138 valence electrons. The number of aryl methyl sites for hydroxylation is 2. The second-order valence-corrected chi connectivity index (χ2v) is 6.76. The van der Waals surface area contributed by atoms with Crippen molar-refractivity contribution in [2.45, 2.75) is 6.92 Å². The van der Waals surface area contributed by atoms with E-state index < -0.39 is 0 Å². The van der Waals surface area contributed by atoms with E-state index in [0.29, 0.717) is 5.82 Å². The van der Waals surface area contributed by atoms with Gasteiger partial charge in [0.25, 0.3) is 0 Å². The molecule has 3 heterocycles. The van der Waals surface area contributed by atoms with Crippen LogP contribution in [0, 0.1) is 12.7 Å². The van der Waals surface area contributed by atoms with E-state index in [1.165, 1.54) is 18.5 Å². The van der Waals surface area contributed by atoms with Gasteiger partial charge in [-0.05, 0) is 42.8 Å². The number of H-pyrrole nitrogens is 1. The first kappa shape index (κ1) is 16.4. The van der Waals surface area contributed by atoms with Gasteiger partial charge in [-0.3, -0.25) is 0 Å². The van der Waals surface area contributed by atoms with Gasteiger partial charge in [0.05, 0.1) is 16.4 Å². The molecule has 2 N–H and O–H groups in total. The fourth-order valence-corrected chi connectivity index (χ4v) is 3.46. The first-order chi connectivity index (χ1) is 13.6. The zero-order chi connectivity index (χ0) is 19.3. The van der Waals surface area contributed by atoms with E-state index in [1.807, 2.05) is 49.0 Å². The summed E-state index contributed by atoms with van der Waals surface area (Å²) in [5, 5.41) is 4.18. The minimum absolute atomic E-state index is 0.265. The standard InChI is InChI=1S/C21H17FN6/c1-12-9-13(22)7-8-15(12)25-20-18-14(10-28(2)21(18)24-11-23-20)19-26-16-5-3-4-6-17(16)27-19/h3-11H,1-2H3,(H,26,27)(H,23,24,25). The molecule has 5 rings (SSSR count). The van der Waals surface area contributed by atoms with Crippen molar-refractivity contribution in [2.75, 3.05) is 5.32 Å². The van der Waals surface area contributed by atoms with Crippen LogP contribution in [-0.2, 0) is 7.05 Å². The number of para-hydroxylation sites is 2. The zero-order valence-corrected chi connectivity index (χ0v) is 15.4. The second-order valence-electron chi connectivity index (χ2n) is 6.76. The molecule has 6 nitrogen and oxygen atoms in total. The van der Waals surface area contributed by atoms with Crippen molar-refractivity contribution in [3.63, 3.8) is 0 Å². The third kappa shape index (κ3) is 2.60. The monoisotopic (exact) mass is 372 g/mol. The van der Waals surface area contributed by atoms with E-state index in [-0.39, 0.29) is 5.82 Å². The summed E-state index contributed by atoms with van der Waals surface area (Å²) in [5.74, 6) is 1.13. The van der Waals surface area contributed by atoms with Crippen LogP contribution in [0.3, 0.4) is 0 Å². The Morgan fingerprint density at radius 3 is 2.79 bits per heavy atom. The van der Waals surface area contributed by atoms with E-state index in [9.17, 15) is 4.39 Å². The fraction of sp³-hybridized carbons (Fsp3) is 0.0952. The minimum atomic E-state index is -0.265. The smallest absolute Gasteiger partial charge is 0.145 e. The van der Waals surface area contributed by atoms with Gasteiger partial charge in [0.2, 0.25) is 0 Å². The first-order valence-electron chi connectivity index (χ1n) is 8.88. The predicted octanol–water partition coefficient (Wildman–Crippen LogP) is 4.70. The molecule has 0 aliphatic carbocycles. The maximum atomic E-state index is 13.5. The number of imidazole rings is 1. The zero-order valence-electron chi connectivity index (χ0n) is 15.4. The van der Waals surface area contributed by atoms with E-state index in [1.54, 1.807) is 6.07 Å². The molecule has 5 aromatic rings. The summed E-state index contributed by atoms with van der Waals surface area (Å²) in [6.07, 6.45) is 3.51. The molecule has 7 heteroatoms. The average Bonchev–Trinajstić information content (AvgIpc) is 3.26. The fourth-order valence-electron chi connectivity index (χ4n) is 3.46. The summed E-state index contributed by atoms with van der Waals surface area (Å²) >= 11 is 0. The molecule has 0 aliphatic heterocycles. The van der Waals surface area contributed by atoms with E-state index in [0.717, 1.165) is 44.7 Å². The lowest BCUT2D eigenvalue weighted by atomic mass is 10.1. The number of fused-ring (bicyclic) bond motifs is 2. The number of hydrogen-bond donors (Lipinski definition) is 2. The highest BCUT2D eigenvalue weighted by Gasteiger charge is 2.18. The van der Waals surface area contributed by atoms with Gasteiger partial charge in [0.1, 0.15) is 29.4 Å². The number of aromatic nitrogens is 5. The normalized spacial score (nSPS) is 11.4. The van der Waals surface area contributed by atoms with Gasteiger partial charge in [0, 0.05) is 24.5 Å². The molecule has 3 aromatic heterocycles. The first-order valence-corrected chi connectivity index (χ1v) is 8.88. The Bertz CT molecular complexity index is 1300. The third-order valence-corrected chi connectivity index (χ3v) is 4.84. The molecule has 0 atom stereocenters. The van der Waals surface area contributed by atoms with Crippen molar-refractivity contribution < 1.29 is 4.39 Å². The van der Waals surface area contributed by atoms with Crippen molar-refractivity contribution in [1.82, 2.24) is 24.5 Å². The average molecular weight is 372 g/mol. The summed E-state index contributed by atoms with van der Waals surface area (Å²) < 4.78 is 15.4. The molecule has 0 bridgehead atoms. The Kier molecular flexibility index (Phi) is 3.61. The van der Waals surface area contributed by atoms with Crippen LogP contribution in [0.4, 0.5) is 15.9 Å². The molecular weight excluding hydrogens is 355 g/mol. The third-order valence-electron chi connectivity index (χ3n) is 4.84. The minimum Gasteiger partial charge on any atom is -0.339 e. The van der Waals surface area contributed by atoms with Crippen molar-refractivity contribution in [2.24, 2.45) is 7.05 Å². The van der Waals surface area contributed by atoms with Gasteiger partial charge in [-0.25, -0.2) is 19.3 Å². The molecule has 0 saturated heterocycles. The lowest BCUT2D eigenvalue weighted by Gasteiger charge is -2.10. The van der Waals surface area contributed by atoms with E-state index in [2.05, 4.69) is 20.3 Å². The van der Waals surface area contributed by atoms with Crippen LogP contribution in [0.1, 0.15) is 5.56 Å². The lowest BCUT2D eigenvalue weighted by Crippen LogP contribution is -1.99. The quantitative estimate of drug-likeness (QED) is 0.481. The summed E-state index contributed by atoms with van der Waals surface area (Å²) in [5.41, 5.74) is 5.14. The SMILES string of the molecule is Cc1cc(F)ccc1Nc1ncnc2c1c(-c1nc3ccccc3[nH]1)cn2C. The molecular formula is C21H17FN6. The number of benzene rings is 2. The molecule has 0 unspecified atom stereocenters. The van der Waals surface area contributed by atoms with Gasteiger partial charge < -0.3 is 14.9 Å². The Hall–Kier alpha value is -3.74. The van der Waals surface area contributed by atoms with Crippen LogP contribution < -0.4 is 5.32 Å². The Morgan fingerprint density at radius 2 is 1.96 bits per heavy atom. The maximum Gasteiger partial charge on any atom is 0.145 e. The molecule has 0 fully saturated rings. The van der Waals surface area contributed by atoms with Crippen molar-refractivity contribution in [3.8, 4) is 11.4 Å². The predicted molar refractivity (Wildman–Crippen MR) is 108 cm³/mol. The number of halogens is 1. The number of rotatable bonds is 3. The number of anilines is 2. The number of aromatic amines is 1. The Balaban J connectivity index is 1.70. The number of nitrogens with zero attached hydrogens (tertiary/aromatic N) is 4. The summed E-state index contributed by atoms with van der Waals surface area (Å²) in [6, 6.07) is 12.5. The molecule has 0 saturated carbocycles. The number of hydrogen-bond acceptors (Lipinski definition) is 4. The molecule has 28 heavy (non-hydrogen) atoms. The van der Waals surface area contributed by atoms with Crippen LogP contribution in [0.2, 0.25) is 0 Å². The van der Waals surface area contributed by atoms with Crippen molar-refractivity contribution in [1.29, 1.82) is 0 Å². The Labute approximate surface area is 160 Å². The van der Waals surface area contributed by atoms with Crippen LogP contribution in [0.5, 0.6) is 0 Å². The summed E-state index contributed by atoms with van der Waals surface area (Å²) in [7, 11) is 1.94. The van der Waals surface area contributed by atoms with Crippen LogP contribution in [0.25, 0.3) is 33.5 Å². The topological polar surface area (TPSA) is 71.4 Å². The summed E-state index contributed by atoms with van der Waals surface area (Å²) in [6.45, 7) is 1.86. The van der Waals surface area contributed by atoms with Crippen LogP contribution in [0.15, 0.2) is 55.0 Å². The molecule has 0 amide bonds. The highest BCUT2D eigenvalue weighted by atomic mass is 19.1. The molecule has 0 aliphatic rings. The maximum absolute atomic E-state index is 13.5. The van der Waals surface area contributed by atoms with Crippen molar-refractivity contribution >= 4 is 33.6 Å². The Morgan fingerprint density at radius 1 is 1.11 bits per heavy atom. The van der Waals surface area contributed by atoms with Crippen LogP contribution in [-0.4, -0.2) is 24.5 Å². The largest absolute Gasteiger partial charge is 0.339 e. The van der Waals surface area contributed by atoms with Crippen molar-refractivity contribution in [3.05, 3.63) is 66.4 Å². The van der Waals surface area contributed by atoms with E-state index in [4.69, 9.17) is 4.98 Å². The van der Waals surface area contributed by atoms with Gasteiger partial charge in [-0.15, -0.1) is 0 Å². The van der Waals surface area contributed by atoms with Gasteiger partial charge in [-0.1, -0.05) is 12.1 Å². The van der Waals surface area contributed by atoms with Crippen LogP contribution >= 0.6 is 0 Å². The van der Waals surface area contributed by atoms with Gasteiger partial charge in [0.15, 0.2) is 0 Å². The van der Waals surface area contributed by atoms with Gasteiger partial charge in [-0.2, -0.15) is 0 Å².